The molecule has 94 valence electrons. The summed E-state index contributed by atoms with van der Waals surface area (Å²) in [7, 11) is 0. The van der Waals surface area contributed by atoms with Crippen LogP contribution in [0.5, 0.6) is 0 Å². The van der Waals surface area contributed by atoms with E-state index in [1.54, 1.807) is 0 Å². The fourth-order valence-corrected chi connectivity index (χ4v) is 1.94. The fourth-order valence-electron chi connectivity index (χ4n) is 1.84. The number of ether oxygens (including phenoxy) is 1. The first-order valence-corrected chi connectivity index (χ1v) is 6.29. The standard InChI is InChI=1S/C12H24N2OS/c1-11(2,10(13)16)5-6-14-7-8-15-9-12(14,3)4/h5-9H2,1-4H3,(H2,13,16). The molecule has 0 radical (unpaired) electrons. The van der Waals surface area contributed by atoms with Crippen molar-refractivity contribution in [3.05, 3.63) is 0 Å². The number of thiocarbonyl (C=S) groups is 1. The van der Waals surface area contributed by atoms with Crippen molar-refractivity contribution in [2.45, 2.75) is 39.7 Å². The number of hydrogen-bond acceptors (Lipinski definition) is 3. The molecule has 0 aromatic carbocycles. The highest BCUT2D eigenvalue weighted by Crippen LogP contribution is 2.25. The van der Waals surface area contributed by atoms with Gasteiger partial charge in [-0.3, -0.25) is 4.90 Å². The van der Waals surface area contributed by atoms with E-state index in [1.165, 1.54) is 0 Å². The van der Waals surface area contributed by atoms with Crippen LogP contribution in [0.2, 0.25) is 0 Å². The Morgan fingerprint density at radius 2 is 2.12 bits per heavy atom. The van der Waals surface area contributed by atoms with Crippen LogP contribution in [-0.2, 0) is 4.74 Å². The maximum atomic E-state index is 5.74. The van der Waals surface area contributed by atoms with E-state index in [0.717, 1.165) is 32.7 Å². The van der Waals surface area contributed by atoms with E-state index in [2.05, 4.69) is 32.6 Å². The molecule has 1 rings (SSSR count). The molecule has 0 aromatic rings. The van der Waals surface area contributed by atoms with Gasteiger partial charge in [0.2, 0.25) is 0 Å². The number of rotatable bonds is 4. The van der Waals surface area contributed by atoms with Crippen LogP contribution in [0, 0.1) is 5.41 Å². The molecule has 0 aliphatic carbocycles. The Balaban J connectivity index is 2.51. The van der Waals surface area contributed by atoms with E-state index >= 15 is 0 Å². The lowest BCUT2D eigenvalue weighted by molar-refractivity contribution is -0.0531. The maximum Gasteiger partial charge on any atom is 0.0784 e. The molecule has 0 amide bonds. The van der Waals surface area contributed by atoms with Gasteiger partial charge in [-0.15, -0.1) is 0 Å². The smallest absolute Gasteiger partial charge is 0.0784 e. The van der Waals surface area contributed by atoms with Crippen LogP contribution in [0.1, 0.15) is 34.1 Å². The zero-order valence-electron chi connectivity index (χ0n) is 10.9. The number of hydrogen-bond donors (Lipinski definition) is 1. The average molecular weight is 244 g/mol. The highest BCUT2D eigenvalue weighted by atomic mass is 32.1. The van der Waals surface area contributed by atoms with Gasteiger partial charge in [0, 0.05) is 17.5 Å². The summed E-state index contributed by atoms with van der Waals surface area (Å²) >= 11 is 5.09. The molecule has 0 saturated carbocycles. The van der Waals surface area contributed by atoms with Crippen LogP contribution >= 0.6 is 12.2 Å². The van der Waals surface area contributed by atoms with Gasteiger partial charge in [0.1, 0.15) is 0 Å². The predicted molar refractivity (Wildman–Crippen MR) is 71.7 cm³/mol. The van der Waals surface area contributed by atoms with Crippen molar-refractivity contribution in [3.63, 3.8) is 0 Å². The van der Waals surface area contributed by atoms with Gasteiger partial charge in [-0.2, -0.15) is 0 Å². The molecule has 0 atom stereocenters. The van der Waals surface area contributed by atoms with Crippen molar-refractivity contribution in [1.82, 2.24) is 4.90 Å². The molecule has 3 nitrogen and oxygen atoms in total. The molecule has 16 heavy (non-hydrogen) atoms. The lowest BCUT2D eigenvalue weighted by Crippen LogP contribution is -2.53. The molecular formula is C12H24N2OS. The van der Waals surface area contributed by atoms with E-state index < -0.39 is 0 Å². The van der Waals surface area contributed by atoms with Crippen molar-refractivity contribution < 1.29 is 4.74 Å². The van der Waals surface area contributed by atoms with Crippen molar-refractivity contribution >= 4 is 17.2 Å². The molecular weight excluding hydrogens is 220 g/mol. The third kappa shape index (κ3) is 3.40. The van der Waals surface area contributed by atoms with E-state index in [-0.39, 0.29) is 11.0 Å². The van der Waals surface area contributed by atoms with E-state index in [0.29, 0.717) is 4.99 Å². The van der Waals surface area contributed by atoms with Gasteiger partial charge in [0.05, 0.1) is 18.2 Å². The quantitative estimate of drug-likeness (QED) is 0.765. The zero-order chi connectivity index (χ0) is 12.4. The topological polar surface area (TPSA) is 38.5 Å². The van der Waals surface area contributed by atoms with Crippen molar-refractivity contribution in [1.29, 1.82) is 0 Å². The van der Waals surface area contributed by atoms with Gasteiger partial charge >= 0.3 is 0 Å². The Hall–Kier alpha value is -0.190. The third-order valence-electron chi connectivity index (χ3n) is 3.49. The SMILES string of the molecule is CC(C)(CCN1CCOCC1(C)C)C(N)=S. The summed E-state index contributed by atoms with van der Waals surface area (Å²) in [6.45, 7) is 12.3. The predicted octanol–water partition coefficient (Wildman–Crippen LogP) is 1.80. The van der Waals surface area contributed by atoms with E-state index in [9.17, 15) is 0 Å². The Kier molecular flexibility index (Phi) is 4.32. The second-order valence-electron chi connectivity index (χ2n) is 5.85. The molecule has 1 saturated heterocycles. The third-order valence-corrected chi connectivity index (χ3v) is 4.04. The van der Waals surface area contributed by atoms with Crippen LogP contribution in [0.3, 0.4) is 0 Å². The molecule has 1 fully saturated rings. The lowest BCUT2D eigenvalue weighted by Gasteiger charge is -2.43. The summed E-state index contributed by atoms with van der Waals surface area (Å²) in [4.78, 5) is 3.08. The molecule has 2 N–H and O–H groups in total. The largest absolute Gasteiger partial charge is 0.393 e. The molecule has 1 aliphatic heterocycles. The van der Waals surface area contributed by atoms with Gasteiger partial charge in [0.15, 0.2) is 0 Å². The van der Waals surface area contributed by atoms with E-state index in [1.807, 2.05) is 0 Å². The van der Waals surface area contributed by atoms with Crippen LogP contribution in [0.4, 0.5) is 0 Å². The van der Waals surface area contributed by atoms with Crippen LogP contribution in [0.15, 0.2) is 0 Å². The Morgan fingerprint density at radius 3 is 2.62 bits per heavy atom. The first kappa shape index (κ1) is 13.9. The fraction of sp³-hybridized carbons (Fsp3) is 0.917. The summed E-state index contributed by atoms with van der Waals surface area (Å²) in [6, 6.07) is 0. The Morgan fingerprint density at radius 1 is 1.50 bits per heavy atom. The van der Waals surface area contributed by atoms with Gasteiger partial charge in [-0.1, -0.05) is 26.1 Å². The van der Waals surface area contributed by atoms with E-state index in [4.69, 9.17) is 22.7 Å². The number of nitrogens with two attached hydrogens (primary N) is 1. The van der Waals surface area contributed by atoms with Gasteiger partial charge < -0.3 is 10.5 Å². The minimum absolute atomic E-state index is 0.0519. The minimum atomic E-state index is -0.0519. The Labute approximate surface area is 104 Å². The highest BCUT2D eigenvalue weighted by Gasteiger charge is 2.32. The minimum Gasteiger partial charge on any atom is -0.393 e. The summed E-state index contributed by atoms with van der Waals surface area (Å²) in [5.74, 6) is 0. The Bertz CT molecular complexity index is 264. The van der Waals surface area contributed by atoms with Gasteiger partial charge in [-0.05, 0) is 26.8 Å². The first-order valence-electron chi connectivity index (χ1n) is 5.88. The van der Waals surface area contributed by atoms with Crippen LogP contribution < -0.4 is 5.73 Å². The highest BCUT2D eigenvalue weighted by molar-refractivity contribution is 7.80. The second-order valence-corrected chi connectivity index (χ2v) is 6.29. The second kappa shape index (κ2) is 4.98. The molecule has 0 aromatic heterocycles. The number of morpholine rings is 1. The summed E-state index contributed by atoms with van der Waals surface area (Å²) < 4.78 is 5.50. The van der Waals surface area contributed by atoms with Crippen LogP contribution in [0.25, 0.3) is 0 Å². The molecule has 0 unspecified atom stereocenters. The monoisotopic (exact) mass is 244 g/mol. The van der Waals surface area contributed by atoms with Crippen molar-refractivity contribution in [2.75, 3.05) is 26.3 Å². The lowest BCUT2D eigenvalue weighted by atomic mass is 9.88. The molecule has 4 heteroatoms. The molecule has 0 spiro atoms. The summed E-state index contributed by atoms with van der Waals surface area (Å²) in [6.07, 6.45) is 1.01. The summed E-state index contributed by atoms with van der Waals surface area (Å²) in [5, 5.41) is 0. The normalized spacial score (nSPS) is 22.0. The zero-order valence-corrected chi connectivity index (χ0v) is 11.7. The number of nitrogens with zero attached hydrogens (tertiary/aromatic N) is 1. The van der Waals surface area contributed by atoms with Crippen molar-refractivity contribution in [3.8, 4) is 0 Å². The maximum absolute atomic E-state index is 5.74. The average Bonchev–Trinajstić information content (AvgIpc) is 2.15. The molecule has 1 aliphatic rings. The van der Waals surface area contributed by atoms with Crippen LogP contribution in [-0.4, -0.2) is 41.7 Å². The first-order chi connectivity index (χ1) is 7.26. The molecule has 0 bridgehead atoms. The van der Waals surface area contributed by atoms with Crippen molar-refractivity contribution in [2.24, 2.45) is 11.1 Å². The molecule has 1 heterocycles. The van der Waals surface area contributed by atoms with Gasteiger partial charge in [-0.25, -0.2) is 0 Å². The van der Waals surface area contributed by atoms with Gasteiger partial charge in [0.25, 0.3) is 0 Å². The summed E-state index contributed by atoms with van der Waals surface area (Å²) in [5.41, 5.74) is 5.82.